The summed E-state index contributed by atoms with van der Waals surface area (Å²) in [6.07, 6.45) is 7.20. The average Bonchev–Trinajstić information content (AvgIpc) is 3.67. The summed E-state index contributed by atoms with van der Waals surface area (Å²) in [5, 5.41) is 37.6. The third-order valence-electron chi connectivity index (χ3n) is 10.1. The predicted octanol–water partition coefficient (Wildman–Crippen LogP) is 3.21. The largest absolute Gasteiger partial charge is 0.404 e. The van der Waals surface area contributed by atoms with Crippen LogP contribution in [0, 0.1) is 5.82 Å². The zero-order chi connectivity index (χ0) is 30.1. The number of pyridine rings is 1. The smallest absolute Gasteiger partial charge is 0.343 e. The van der Waals surface area contributed by atoms with Crippen molar-refractivity contribution >= 4 is 16.7 Å². The molecule has 2 aromatic heterocycles. The number of benzene rings is 1. The van der Waals surface area contributed by atoms with Crippen molar-refractivity contribution in [2.24, 2.45) is 0 Å². The van der Waals surface area contributed by atoms with Gasteiger partial charge < -0.3 is 30.3 Å². The number of halogens is 1. The molecule has 0 radical (unpaired) electrons. The molecule has 2 atom stereocenters. The number of aryl methyl sites for hydroxylation is 1. The minimum absolute atomic E-state index is 0.00888. The predicted molar refractivity (Wildman–Crippen MR) is 160 cm³/mol. The summed E-state index contributed by atoms with van der Waals surface area (Å²) in [6.45, 7) is 8.27. The molecule has 7 rings (SSSR count). The molecule has 2 bridgehead atoms. The van der Waals surface area contributed by atoms with Crippen molar-refractivity contribution in [3.63, 3.8) is 0 Å². The van der Waals surface area contributed by atoms with Gasteiger partial charge in [0.1, 0.15) is 22.6 Å². The van der Waals surface area contributed by atoms with Gasteiger partial charge in [0.15, 0.2) is 5.82 Å². The molecule has 4 fully saturated rings. The van der Waals surface area contributed by atoms with Crippen LogP contribution in [0.4, 0.5) is 10.2 Å². The molecule has 4 saturated heterocycles. The molecule has 2 unspecified atom stereocenters. The fourth-order valence-corrected chi connectivity index (χ4v) is 7.81. The maximum absolute atomic E-state index is 16.7. The molecule has 10 nitrogen and oxygen atoms in total. The van der Waals surface area contributed by atoms with Gasteiger partial charge in [-0.1, -0.05) is 19.1 Å². The lowest BCUT2D eigenvalue weighted by molar-refractivity contribution is -0.349. The molecule has 0 aliphatic carbocycles. The Morgan fingerprint density at radius 1 is 1.07 bits per heavy atom. The standard InChI is InChI=1S/C32H41FN6O4/c1-4-19-7-8-20(30(2,3)40)15-23(19)26-25(33)27-24(16-34-26)28(38-17-21-9-10-22(18-38)35-21)37-29(36-27)43-32(41,42)31-11-5-13-39(31)14-6-12-31/h7-8,15-16,21-22,35,40-42H,4-6,9-14,17-18H2,1-3H3. The quantitative estimate of drug-likeness (QED) is 0.304. The Bertz CT molecular complexity index is 1540. The lowest BCUT2D eigenvalue weighted by atomic mass is 9.91. The van der Waals surface area contributed by atoms with Gasteiger partial charge in [-0.05, 0) is 89.1 Å². The van der Waals surface area contributed by atoms with Gasteiger partial charge in [-0.25, -0.2) is 4.39 Å². The molecule has 0 amide bonds. The number of anilines is 1. The van der Waals surface area contributed by atoms with Crippen LogP contribution in [0.1, 0.15) is 70.4 Å². The Hall–Kier alpha value is -2.96. The number of aromatic nitrogens is 3. The van der Waals surface area contributed by atoms with E-state index in [4.69, 9.17) is 9.72 Å². The molecule has 230 valence electrons. The van der Waals surface area contributed by atoms with E-state index in [1.807, 2.05) is 19.1 Å². The fourth-order valence-electron chi connectivity index (χ4n) is 7.81. The molecule has 1 aromatic carbocycles. The lowest BCUT2D eigenvalue weighted by Crippen LogP contribution is -2.62. The van der Waals surface area contributed by atoms with E-state index in [9.17, 15) is 15.3 Å². The minimum Gasteiger partial charge on any atom is -0.404 e. The number of hydrogen-bond acceptors (Lipinski definition) is 10. The van der Waals surface area contributed by atoms with Gasteiger partial charge in [0, 0.05) is 36.9 Å². The van der Waals surface area contributed by atoms with Crippen molar-refractivity contribution in [1.82, 2.24) is 25.2 Å². The van der Waals surface area contributed by atoms with Crippen LogP contribution in [0.5, 0.6) is 6.01 Å². The van der Waals surface area contributed by atoms with E-state index in [2.05, 4.69) is 25.1 Å². The minimum atomic E-state index is -2.55. The molecular formula is C32H41FN6O4. The lowest BCUT2D eigenvalue weighted by Gasteiger charge is -2.41. The zero-order valence-electron chi connectivity index (χ0n) is 25.1. The second-order valence-electron chi connectivity index (χ2n) is 13.3. The molecule has 4 N–H and O–H groups in total. The molecule has 4 aliphatic heterocycles. The highest BCUT2D eigenvalue weighted by molar-refractivity contribution is 5.92. The van der Waals surface area contributed by atoms with Crippen LogP contribution in [-0.4, -0.2) is 84.9 Å². The number of fused-ring (bicyclic) bond motifs is 4. The summed E-state index contributed by atoms with van der Waals surface area (Å²) < 4.78 is 22.6. The van der Waals surface area contributed by atoms with Gasteiger partial charge >= 0.3 is 12.0 Å². The molecule has 4 aliphatic rings. The average molecular weight is 593 g/mol. The first-order valence-corrected chi connectivity index (χ1v) is 15.6. The van der Waals surface area contributed by atoms with Crippen LogP contribution in [0.25, 0.3) is 22.2 Å². The van der Waals surface area contributed by atoms with Gasteiger partial charge in [0.25, 0.3) is 0 Å². The van der Waals surface area contributed by atoms with Gasteiger partial charge in [0.05, 0.1) is 11.0 Å². The molecule has 11 heteroatoms. The maximum atomic E-state index is 16.7. The zero-order valence-corrected chi connectivity index (χ0v) is 25.1. The molecule has 43 heavy (non-hydrogen) atoms. The molecule has 0 spiro atoms. The van der Waals surface area contributed by atoms with Crippen molar-refractivity contribution in [3.8, 4) is 17.3 Å². The Morgan fingerprint density at radius 2 is 1.77 bits per heavy atom. The monoisotopic (exact) mass is 592 g/mol. The first-order chi connectivity index (χ1) is 20.5. The van der Waals surface area contributed by atoms with E-state index in [1.54, 1.807) is 26.1 Å². The molecule has 3 aromatic rings. The van der Waals surface area contributed by atoms with Crippen LogP contribution in [-0.2, 0) is 12.0 Å². The van der Waals surface area contributed by atoms with Crippen LogP contribution in [0.15, 0.2) is 24.4 Å². The highest BCUT2D eigenvalue weighted by atomic mass is 19.1. The summed E-state index contributed by atoms with van der Waals surface area (Å²) >= 11 is 0. The van der Waals surface area contributed by atoms with E-state index < -0.39 is 22.9 Å². The second kappa shape index (κ2) is 10.3. The number of piperazine rings is 1. The van der Waals surface area contributed by atoms with Crippen molar-refractivity contribution in [3.05, 3.63) is 41.3 Å². The van der Waals surface area contributed by atoms with E-state index in [0.29, 0.717) is 66.8 Å². The summed E-state index contributed by atoms with van der Waals surface area (Å²) in [5.74, 6) is -2.72. The van der Waals surface area contributed by atoms with E-state index in [1.165, 1.54) is 0 Å². The van der Waals surface area contributed by atoms with Crippen LogP contribution in [0.2, 0.25) is 0 Å². The normalized spacial score (nSPS) is 23.7. The molecule has 0 saturated carbocycles. The number of rotatable bonds is 7. The van der Waals surface area contributed by atoms with E-state index in [0.717, 1.165) is 44.3 Å². The number of aliphatic hydroxyl groups is 3. The van der Waals surface area contributed by atoms with Gasteiger partial charge in [0.2, 0.25) is 0 Å². The Kier molecular flexibility index (Phi) is 6.90. The van der Waals surface area contributed by atoms with Crippen molar-refractivity contribution < 1.29 is 24.4 Å². The number of nitrogens with zero attached hydrogens (tertiary/aromatic N) is 5. The number of nitrogens with one attached hydrogen (secondary N) is 1. The van der Waals surface area contributed by atoms with Crippen molar-refractivity contribution in [2.45, 2.75) is 94.9 Å². The number of ether oxygens (including phenoxy) is 1. The number of hydrogen-bond donors (Lipinski definition) is 4. The van der Waals surface area contributed by atoms with Crippen molar-refractivity contribution in [1.29, 1.82) is 0 Å². The Labute approximate surface area is 250 Å². The SMILES string of the molecule is CCc1ccc(C(C)(C)O)cc1-c1ncc2c(N3CC4CCC(C3)N4)nc(OC(O)(O)C34CCCN3CCC4)nc2c1F. The third kappa shape index (κ3) is 4.76. The Morgan fingerprint density at radius 3 is 2.42 bits per heavy atom. The van der Waals surface area contributed by atoms with Gasteiger partial charge in [-0.3, -0.25) is 9.88 Å². The Balaban J connectivity index is 1.37. The van der Waals surface area contributed by atoms with Crippen LogP contribution < -0.4 is 15.0 Å². The maximum Gasteiger partial charge on any atom is 0.343 e. The summed E-state index contributed by atoms with van der Waals surface area (Å²) in [4.78, 5) is 18.0. The van der Waals surface area contributed by atoms with E-state index in [-0.39, 0.29) is 17.2 Å². The van der Waals surface area contributed by atoms with Crippen molar-refractivity contribution in [2.75, 3.05) is 31.1 Å². The van der Waals surface area contributed by atoms with Gasteiger partial charge in [-0.2, -0.15) is 9.97 Å². The molecular weight excluding hydrogens is 551 g/mol. The van der Waals surface area contributed by atoms with Gasteiger partial charge in [-0.15, -0.1) is 0 Å². The fraction of sp³-hybridized carbons (Fsp3) is 0.594. The first-order valence-electron chi connectivity index (χ1n) is 15.6. The summed E-state index contributed by atoms with van der Waals surface area (Å²) in [6, 6.07) is 5.84. The summed E-state index contributed by atoms with van der Waals surface area (Å²) in [5.41, 5.74) is 0.161. The van der Waals surface area contributed by atoms with Crippen LogP contribution >= 0.6 is 0 Å². The second-order valence-corrected chi connectivity index (χ2v) is 13.3. The topological polar surface area (TPSA) is 127 Å². The summed E-state index contributed by atoms with van der Waals surface area (Å²) in [7, 11) is 0. The molecule has 6 heterocycles. The first kappa shape index (κ1) is 28.8. The third-order valence-corrected chi connectivity index (χ3v) is 10.1. The highest BCUT2D eigenvalue weighted by Crippen LogP contribution is 2.46. The van der Waals surface area contributed by atoms with Crippen LogP contribution in [0.3, 0.4) is 0 Å². The highest BCUT2D eigenvalue weighted by Gasteiger charge is 2.60. The van der Waals surface area contributed by atoms with E-state index >= 15 is 4.39 Å².